The predicted molar refractivity (Wildman–Crippen MR) is 86.7 cm³/mol. The Bertz CT molecular complexity index is 808. The third-order valence-electron chi connectivity index (χ3n) is 3.54. The summed E-state index contributed by atoms with van der Waals surface area (Å²) < 4.78 is 6.78. The van der Waals surface area contributed by atoms with Gasteiger partial charge in [0.2, 0.25) is 0 Å². The molecule has 0 saturated carbocycles. The highest BCUT2D eigenvalue weighted by Gasteiger charge is 2.17. The van der Waals surface area contributed by atoms with Crippen molar-refractivity contribution in [1.82, 2.24) is 9.78 Å². The zero-order chi connectivity index (χ0) is 16.2. The standard InChI is InChI=1S/C18H16N2O3/c1-23-15-9-7-14(8-10-15)17-16(18(21)22)12-20(19-17)11-13-5-3-2-4-6-13/h2-10,12H,11H2,1H3,(H,21,22). The summed E-state index contributed by atoms with van der Waals surface area (Å²) in [4.78, 5) is 11.5. The zero-order valence-corrected chi connectivity index (χ0v) is 12.6. The summed E-state index contributed by atoms with van der Waals surface area (Å²) in [7, 11) is 1.59. The van der Waals surface area contributed by atoms with E-state index in [0.717, 1.165) is 11.1 Å². The van der Waals surface area contributed by atoms with Crippen molar-refractivity contribution in [3.05, 3.63) is 71.9 Å². The van der Waals surface area contributed by atoms with Crippen LogP contribution < -0.4 is 4.74 Å². The van der Waals surface area contributed by atoms with E-state index >= 15 is 0 Å². The second-order valence-electron chi connectivity index (χ2n) is 5.11. The Morgan fingerprint density at radius 2 is 1.83 bits per heavy atom. The van der Waals surface area contributed by atoms with Crippen LogP contribution in [0, 0.1) is 0 Å². The molecule has 1 aromatic heterocycles. The highest BCUT2D eigenvalue weighted by molar-refractivity contribution is 5.94. The number of carboxylic acids is 1. The maximum atomic E-state index is 11.5. The number of hydrogen-bond acceptors (Lipinski definition) is 3. The van der Waals surface area contributed by atoms with Crippen LogP contribution in [0.3, 0.4) is 0 Å². The molecular formula is C18H16N2O3. The average molecular weight is 308 g/mol. The van der Waals surface area contributed by atoms with Crippen LogP contribution >= 0.6 is 0 Å². The quantitative estimate of drug-likeness (QED) is 0.785. The first-order chi connectivity index (χ1) is 11.2. The first-order valence-corrected chi connectivity index (χ1v) is 7.16. The maximum absolute atomic E-state index is 11.5. The summed E-state index contributed by atoms with van der Waals surface area (Å²) >= 11 is 0. The van der Waals surface area contributed by atoms with Gasteiger partial charge in [0, 0.05) is 11.8 Å². The Kier molecular flexibility index (Phi) is 4.10. The third kappa shape index (κ3) is 3.23. The van der Waals surface area contributed by atoms with Crippen LogP contribution in [0.15, 0.2) is 60.8 Å². The summed E-state index contributed by atoms with van der Waals surface area (Å²) in [5.41, 5.74) is 2.45. The molecule has 0 atom stereocenters. The number of carbonyl (C=O) groups is 1. The van der Waals surface area contributed by atoms with Crippen LogP contribution in [0.25, 0.3) is 11.3 Å². The van der Waals surface area contributed by atoms with Gasteiger partial charge in [0.25, 0.3) is 0 Å². The van der Waals surface area contributed by atoms with Crippen LogP contribution in [0.1, 0.15) is 15.9 Å². The molecule has 0 bridgehead atoms. The van der Waals surface area contributed by atoms with Crippen molar-refractivity contribution in [2.75, 3.05) is 7.11 Å². The van der Waals surface area contributed by atoms with Gasteiger partial charge in [-0.3, -0.25) is 4.68 Å². The largest absolute Gasteiger partial charge is 0.497 e. The van der Waals surface area contributed by atoms with Gasteiger partial charge < -0.3 is 9.84 Å². The van der Waals surface area contributed by atoms with E-state index in [1.165, 1.54) is 0 Å². The number of benzene rings is 2. The molecule has 2 aromatic carbocycles. The second kappa shape index (κ2) is 6.36. The van der Waals surface area contributed by atoms with E-state index in [1.54, 1.807) is 42.3 Å². The fourth-order valence-electron chi connectivity index (χ4n) is 2.39. The van der Waals surface area contributed by atoms with Crippen LogP contribution in [-0.4, -0.2) is 28.0 Å². The SMILES string of the molecule is COc1ccc(-c2nn(Cc3ccccc3)cc2C(=O)O)cc1. The van der Waals surface area contributed by atoms with Crippen molar-refractivity contribution < 1.29 is 14.6 Å². The lowest BCUT2D eigenvalue weighted by Crippen LogP contribution is -2.00. The maximum Gasteiger partial charge on any atom is 0.339 e. The van der Waals surface area contributed by atoms with Gasteiger partial charge in [0.15, 0.2) is 0 Å². The second-order valence-corrected chi connectivity index (χ2v) is 5.11. The van der Waals surface area contributed by atoms with E-state index in [-0.39, 0.29) is 5.56 Å². The molecule has 1 N–H and O–H groups in total. The van der Waals surface area contributed by atoms with Crippen LogP contribution in [0.5, 0.6) is 5.75 Å². The number of methoxy groups -OCH3 is 1. The van der Waals surface area contributed by atoms with E-state index in [2.05, 4.69) is 5.10 Å². The number of ether oxygens (including phenoxy) is 1. The number of nitrogens with zero attached hydrogens (tertiary/aromatic N) is 2. The van der Waals surface area contributed by atoms with Crippen molar-refractivity contribution in [2.45, 2.75) is 6.54 Å². The minimum atomic E-state index is -0.991. The highest BCUT2D eigenvalue weighted by Crippen LogP contribution is 2.25. The lowest BCUT2D eigenvalue weighted by Gasteiger charge is -2.03. The average Bonchev–Trinajstić information content (AvgIpc) is 3.00. The lowest BCUT2D eigenvalue weighted by molar-refractivity contribution is 0.0697. The molecule has 0 amide bonds. The number of rotatable bonds is 5. The van der Waals surface area contributed by atoms with Gasteiger partial charge in [-0.15, -0.1) is 0 Å². The van der Waals surface area contributed by atoms with Gasteiger partial charge in [0.05, 0.1) is 13.7 Å². The molecule has 23 heavy (non-hydrogen) atoms. The smallest absolute Gasteiger partial charge is 0.339 e. The predicted octanol–water partition coefficient (Wildman–Crippen LogP) is 3.31. The number of aromatic carboxylic acids is 1. The fraction of sp³-hybridized carbons (Fsp3) is 0.111. The van der Waals surface area contributed by atoms with Gasteiger partial charge >= 0.3 is 5.97 Å². The van der Waals surface area contributed by atoms with Gasteiger partial charge in [-0.25, -0.2) is 4.79 Å². The Morgan fingerprint density at radius 3 is 2.43 bits per heavy atom. The molecule has 0 aliphatic rings. The summed E-state index contributed by atoms with van der Waals surface area (Å²) in [6.07, 6.45) is 1.56. The monoisotopic (exact) mass is 308 g/mol. The fourth-order valence-corrected chi connectivity index (χ4v) is 2.39. The third-order valence-corrected chi connectivity index (χ3v) is 3.54. The highest BCUT2D eigenvalue weighted by atomic mass is 16.5. The lowest BCUT2D eigenvalue weighted by atomic mass is 10.1. The molecule has 3 rings (SSSR count). The number of carboxylic acid groups (broad SMARTS) is 1. The minimum absolute atomic E-state index is 0.186. The van der Waals surface area contributed by atoms with Crippen LogP contribution in [0.2, 0.25) is 0 Å². The molecule has 0 saturated heterocycles. The Morgan fingerprint density at radius 1 is 1.13 bits per heavy atom. The number of hydrogen-bond donors (Lipinski definition) is 1. The summed E-state index contributed by atoms with van der Waals surface area (Å²) in [6.45, 7) is 0.525. The van der Waals surface area contributed by atoms with Crippen molar-refractivity contribution in [2.24, 2.45) is 0 Å². The van der Waals surface area contributed by atoms with Crippen molar-refractivity contribution in [3.8, 4) is 17.0 Å². The van der Waals surface area contributed by atoms with Crippen LogP contribution in [0.4, 0.5) is 0 Å². The summed E-state index contributed by atoms with van der Waals surface area (Å²) in [5.74, 6) is -0.274. The zero-order valence-electron chi connectivity index (χ0n) is 12.6. The van der Waals surface area contributed by atoms with Crippen LogP contribution in [-0.2, 0) is 6.54 Å². The molecule has 0 radical (unpaired) electrons. The van der Waals surface area contributed by atoms with Crippen molar-refractivity contribution in [1.29, 1.82) is 0 Å². The van der Waals surface area contributed by atoms with E-state index < -0.39 is 5.97 Å². The molecule has 0 unspecified atom stereocenters. The molecule has 1 heterocycles. The topological polar surface area (TPSA) is 64.4 Å². The Labute approximate surface area is 133 Å². The Hall–Kier alpha value is -3.08. The van der Waals surface area contributed by atoms with E-state index in [1.807, 2.05) is 30.3 Å². The molecule has 116 valence electrons. The van der Waals surface area contributed by atoms with E-state index in [4.69, 9.17) is 4.74 Å². The van der Waals surface area contributed by atoms with Crippen molar-refractivity contribution >= 4 is 5.97 Å². The first-order valence-electron chi connectivity index (χ1n) is 7.16. The summed E-state index contributed by atoms with van der Waals surface area (Å²) in [5, 5.41) is 13.9. The molecule has 0 spiro atoms. The molecule has 5 nitrogen and oxygen atoms in total. The van der Waals surface area contributed by atoms with E-state index in [0.29, 0.717) is 18.0 Å². The molecule has 5 heteroatoms. The minimum Gasteiger partial charge on any atom is -0.497 e. The van der Waals surface area contributed by atoms with Gasteiger partial charge in [-0.05, 0) is 29.8 Å². The first kappa shape index (κ1) is 14.8. The van der Waals surface area contributed by atoms with E-state index in [9.17, 15) is 9.90 Å². The molecular weight excluding hydrogens is 292 g/mol. The van der Waals surface area contributed by atoms with Gasteiger partial charge in [-0.2, -0.15) is 5.10 Å². The number of aromatic nitrogens is 2. The molecule has 0 aliphatic heterocycles. The van der Waals surface area contributed by atoms with Gasteiger partial charge in [0.1, 0.15) is 17.0 Å². The molecule has 0 fully saturated rings. The van der Waals surface area contributed by atoms with Gasteiger partial charge in [-0.1, -0.05) is 30.3 Å². The normalized spacial score (nSPS) is 10.5. The molecule has 0 aliphatic carbocycles. The van der Waals surface area contributed by atoms with Crippen molar-refractivity contribution in [3.63, 3.8) is 0 Å². The molecule has 3 aromatic rings. The summed E-state index contributed by atoms with van der Waals surface area (Å²) in [6, 6.07) is 17.0. The Balaban J connectivity index is 1.96.